The normalized spacial score (nSPS) is 11.0. The van der Waals surface area contributed by atoms with Gasteiger partial charge >= 0.3 is 0 Å². The summed E-state index contributed by atoms with van der Waals surface area (Å²) in [7, 11) is 1.93. The van der Waals surface area contributed by atoms with Crippen LogP contribution in [0.3, 0.4) is 0 Å². The zero-order chi connectivity index (χ0) is 17.6. The van der Waals surface area contributed by atoms with E-state index in [1.54, 1.807) is 6.20 Å². The average Bonchev–Trinajstić information content (AvgIpc) is 3.15. The van der Waals surface area contributed by atoms with Crippen LogP contribution in [0, 0.1) is 20.4 Å². The number of hydrogen-bond acceptors (Lipinski definition) is 3. The lowest BCUT2D eigenvalue weighted by Gasteiger charge is -2.05. The van der Waals surface area contributed by atoms with E-state index >= 15 is 0 Å². The molecule has 0 atom stereocenters. The molecule has 0 saturated heterocycles. The van der Waals surface area contributed by atoms with Gasteiger partial charge < -0.3 is 4.85 Å². The van der Waals surface area contributed by atoms with Crippen molar-refractivity contribution >= 4 is 11.5 Å². The summed E-state index contributed by atoms with van der Waals surface area (Å²) in [4.78, 5) is 12.4. The quantitative estimate of drug-likeness (QED) is 0.523. The first kappa shape index (κ1) is 15.1. The first-order valence-corrected chi connectivity index (χ1v) is 7.91. The molecule has 0 aliphatic heterocycles. The lowest BCUT2D eigenvalue weighted by atomic mass is 10.0. The zero-order valence-electron chi connectivity index (χ0n) is 14.2. The van der Waals surface area contributed by atoms with Crippen LogP contribution in [-0.2, 0) is 7.05 Å². The number of rotatable bonds is 2. The van der Waals surface area contributed by atoms with Gasteiger partial charge in [0.15, 0.2) is 0 Å². The van der Waals surface area contributed by atoms with Crippen LogP contribution in [0.4, 0.5) is 5.82 Å². The molecule has 6 heteroatoms. The highest BCUT2D eigenvalue weighted by Gasteiger charge is 2.19. The highest BCUT2D eigenvalue weighted by molar-refractivity contribution is 5.81. The van der Waals surface area contributed by atoms with Gasteiger partial charge in [0.2, 0.25) is 5.65 Å². The molecular formula is C19H16N6. The maximum Gasteiger partial charge on any atom is 0.254 e. The molecule has 0 amide bonds. The van der Waals surface area contributed by atoms with Gasteiger partial charge in [0.05, 0.1) is 18.1 Å². The minimum Gasteiger partial charge on any atom is -0.362 e. The number of nitrogens with zero attached hydrogens (tertiary/aromatic N) is 6. The number of aromatic nitrogens is 5. The standard InChI is InChI=1S/C19H16N6/c1-12-6-5-7-15(22-12)19-18(13(2)24(4)23-19)14-8-9-16-21-10-17(20-3)25(16)11-14/h5-11H,1-2,4H3. The minimum atomic E-state index is 0.494. The van der Waals surface area contributed by atoms with Crippen LogP contribution in [0.5, 0.6) is 0 Å². The Morgan fingerprint density at radius 2 is 1.96 bits per heavy atom. The predicted molar refractivity (Wildman–Crippen MR) is 96.4 cm³/mol. The SMILES string of the molecule is [C-]#[N+]c1cnc2ccc(-c3c(-c4cccc(C)n4)nn(C)c3C)cn12. The fourth-order valence-electron chi connectivity index (χ4n) is 3.01. The molecule has 122 valence electrons. The molecule has 0 saturated carbocycles. The van der Waals surface area contributed by atoms with Crippen LogP contribution >= 0.6 is 0 Å². The summed E-state index contributed by atoms with van der Waals surface area (Å²) in [5.74, 6) is 0.494. The maximum absolute atomic E-state index is 7.30. The minimum absolute atomic E-state index is 0.494. The van der Waals surface area contributed by atoms with Crippen molar-refractivity contribution in [3.8, 4) is 22.5 Å². The predicted octanol–water partition coefficient (Wildman–Crippen LogP) is 3.96. The summed E-state index contributed by atoms with van der Waals surface area (Å²) < 4.78 is 3.67. The molecule has 0 fully saturated rings. The van der Waals surface area contributed by atoms with Crippen LogP contribution in [0.2, 0.25) is 0 Å². The second-order valence-electron chi connectivity index (χ2n) is 5.97. The van der Waals surface area contributed by atoms with E-state index in [1.165, 1.54) is 0 Å². The molecule has 4 aromatic heterocycles. The molecule has 0 aliphatic carbocycles. The van der Waals surface area contributed by atoms with Crippen molar-refractivity contribution in [3.63, 3.8) is 0 Å². The molecule has 4 heterocycles. The van der Waals surface area contributed by atoms with Crippen molar-refractivity contribution in [2.75, 3.05) is 0 Å². The van der Waals surface area contributed by atoms with Gasteiger partial charge in [-0.15, -0.1) is 0 Å². The van der Waals surface area contributed by atoms with E-state index in [2.05, 4.69) is 19.9 Å². The van der Waals surface area contributed by atoms with E-state index in [-0.39, 0.29) is 0 Å². The average molecular weight is 328 g/mol. The fraction of sp³-hybridized carbons (Fsp3) is 0.158. The summed E-state index contributed by atoms with van der Waals surface area (Å²) in [5, 5.41) is 4.68. The molecule has 4 rings (SSSR count). The van der Waals surface area contributed by atoms with Crippen molar-refractivity contribution in [1.82, 2.24) is 24.1 Å². The van der Waals surface area contributed by atoms with Crippen molar-refractivity contribution in [3.05, 3.63) is 65.5 Å². The third-order valence-corrected chi connectivity index (χ3v) is 4.35. The van der Waals surface area contributed by atoms with E-state index in [0.29, 0.717) is 5.82 Å². The first-order chi connectivity index (χ1) is 12.1. The Kier molecular flexibility index (Phi) is 3.36. The van der Waals surface area contributed by atoms with Gasteiger partial charge in [-0.2, -0.15) is 5.10 Å². The van der Waals surface area contributed by atoms with Crippen molar-refractivity contribution < 1.29 is 0 Å². The molecule has 6 nitrogen and oxygen atoms in total. The van der Waals surface area contributed by atoms with E-state index in [9.17, 15) is 0 Å². The molecule has 0 spiro atoms. The number of fused-ring (bicyclic) bond motifs is 1. The first-order valence-electron chi connectivity index (χ1n) is 7.91. The van der Waals surface area contributed by atoms with Crippen molar-refractivity contribution in [2.24, 2.45) is 7.05 Å². The number of imidazole rings is 1. The maximum atomic E-state index is 7.30. The van der Waals surface area contributed by atoms with Crippen LogP contribution in [0.15, 0.2) is 42.7 Å². The Morgan fingerprint density at radius 1 is 1.12 bits per heavy atom. The highest BCUT2D eigenvalue weighted by Crippen LogP contribution is 2.34. The smallest absolute Gasteiger partial charge is 0.254 e. The number of pyridine rings is 2. The Morgan fingerprint density at radius 3 is 2.72 bits per heavy atom. The van der Waals surface area contributed by atoms with E-state index in [4.69, 9.17) is 6.57 Å². The number of hydrogen-bond donors (Lipinski definition) is 0. The zero-order valence-corrected chi connectivity index (χ0v) is 14.2. The molecular weight excluding hydrogens is 312 g/mol. The van der Waals surface area contributed by atoms with Gasteiger partial charge in [-0.3, -0.25) is 9.67 Å². The molecule has 0 unspecified atom stereocenters. The second-order valence-corrected chi connectivity index (χ2v) is 5.97. The molecule has 25 heavy (non-hydrogen) atoms. The summed E-state index contributed by atoms with van der Waals surface area (Å²) in [6.45, 7) is 11.3. The third-order valence-electron chi connectivity index (χ3n) is 4.35. The Hall–Kier alpha value is -3.46. The van der Waals surface area contributed by atoms with Crippen molar-refractivity contribution in [2.45, 2.75) is 13.8 Å². The fourth-order valence-corrected chi connectivity index (χ4v) is 3.01. The van der Waals surface area contributed by atoms with Crippen LogP contribution in [0.25, 0.3) is 33.0 Å². The van der Waals surface area contributed by atoms with Gasteiger partial charge in [-0.1, -0.05) is 12.6 Å². The Labute approximate surface area is 145 Å². The van der Waals surface area contributed by atoms with Crippen LogP contribution < -0.4 is 0 Å². The summed E-state index contributed by atoms with van der Waals surface area (Å²) in [5.41, 5.74) is 6.44. The Balaban J connectivity index is 1.98. The largest absolute Gasteiger partial charge is 0.362 e. The van der Waals surface area contributed by atoms with Gasteiger partial charge in [0, 0.05) is 35.6 Å². The number of aryl methyl sites for hydroxylation is 2. The molecule has 0 bridgehead atoms. The summed E-state index contributed by atoms with van der Waals surface area (Å²) >= 11 is 0. The Bertz CT molecular complexity index is 1140. The second kappa shape index (κ2) is 5.56. The van der Waals surface area contributed by atoms with Gasteiger partial charge in [-0.25, -0.2) is 9.38 Å². The summed E-state index contributed by atoms with van der Waals surface area (Å²) in [6, 6.07) is 9.86. The van der Waals surface area contributed by atoms with E-state index in [0.717, 1.165) is 39.5 Å². The lowest BCUT2D eigenvalue weighted by molar-refractivity contribution is 0.742. The van der Waals surface area contributed by atoms with Gasteiger partial charge in [0.25, 0.3) is 5.82 Å². The molecule has 0 N–H and O–H groups in total. The monoisotopic (exact) mass is 328 g/mol. The highest BCUT2D eigenvalue weighted by atomic mass is 15.3. The molecule has 4 aromatic rings. The van der Waals surface area contributed by atoms with Crippen molar-refractivity contribution in [1.29, 1.82) is 0 Å². The third kappa shape index (κ3) is 2.37. The van der Waals surface area contributed by atoms with E-state index in [1.807, 2.05) is 66.5 Å². The van der Waals surface area contributed by atoms with Crippen LogP contribution in [0.1, 0.15) is 11.4 Å². The van der Waals surface area contributed by atoms with Gasteiger partial charge in [0.1, 0.15) is 5.69 Å². The molecule has 0 aromatic carbocycles. The van der Waals surface area contributed by atoms with Crippen LogP contribution in [-0.4, -0.2) is 24.1 Å². The summed E-state index contributed by atoms with van der Waals surface area (Å²) in [6.07, 6.45) is 3.53. The topological polar surface area (TPSA) is 52.4 Å². The molecule has 0 radical (unpaired) electrons. The van der Waals surface area contributed by atoms with Gasteiger partial charge in [-0.05, 0) is 32.0 Å². The van der Waals surface area contributed by atoms with E-state index < -0.39 is 0 Å². The lowest BCUT2D eigenvalue weighted by Crippen LogP contribution is -1.93. The molecule has 0 aliphatic rings.